The molecule has 0 bridgehead atoms. The maximum atomic E-state index is 12.1. The average molecular weight is 328 g/mol. The third-order valence-corrected chi connectivity index (χ3v) is 4.65. The average Bonchev–Trinajstić information content (AvgIpc) is 2.61. The Bertz CT molecular complexity index is 746. The van der Waals surface area contributed by atoms with Crippen molar-refractivity contribution in [2.75, 3.05) is 33.9 Å². The first kappa shape index (κ1) is 16.7. The lowest BCUT2D eigenvalue weighted by molar-refractivity contribution is -0.156. The topological polar surface area (TPSA) is 50.8 Å². The molecule has 1 N–H and O–H groups in total. The quantitative estimate of drug-likeness (QED) is 0.935. The van der Waals surface area contributed by atoms with Gasteiger partial charge in [-0.1, -0.05) is 30.3 Å². The van der Waals surface area contributed by atoms with Gasteiger partial charge in [0.05, 0.1) is 13.7 Å². The number of carbonyl (C=O) groups excluding carboxylic acids is 1. The summed E-state index contributed by atoms with van der Waals surface area (Å²) in [5.41, 5.74) is 0.433. The van der Waals surface area contributed by atoms with Crippen LogP contribution in [0, 0.1) is 0 Å². The van der Waals surface area contributed by atoms with Gasteiger partial charge in [0.2, 0.25) is 0 Å². The summed E-state index contributed by atoms with van der Waals surface area (Å²) in [5, 5.41) is 4.99. The molecule has 0 radical (unpaired) electrons. The van der Waals surface area contributed by atoms with Gasteiger partial charge in [0.1, 0.15) is 5.75 Å². The molecule has 1 heterocycles. The highest BCUT2D eigenvalue weighted by Gasteiger charge is 2.38. The molecule has 1 aliphatic heterocycles. The number of hydrogen-bond acceptors (Lipinski definition) is 4. The highest BCUT2D eigenvalue weighted by molar-refractivity contribution is 5.91. The van der Waals surface area contributed by atoms with Crippen LogP contribution >= 0.6 is 0 Å². The van der Waals surface area contributed by atoms with E-state index in [9.17, 15) is 4.79 Å². The van der Waals surface area contributed by atoms with E-state index in [2.05, 4.69) is 28.4 Å². The molecule has 2 aromatic carbocycles. The summed E-state index contributed by atoms with van der Waals surface area (Å²) in [4.78, 5) is 14.4. The van der Waals surface area contributed by atoms with Gasteiger partial charge < -0.3 is 14.8 Å². The molecule has 1 saturated heterocycles. The molecule has 0 unspecified atom stereocenters. The Morgan fingerprint density at radius 2 is 2.04 bits per heavy atom. The smallest absolute Gasteiger partial charge is 0.253 e. The number of methoxy groups -OCH3 is 1. The Labute approximate surface area is 142 Å². The van der Waals surface area contributed by atoms with Crippen LogP contribution in [-0.4, -0.2) is 50.3 Å². The van der Waals surface area contributed by atoms with E-state index in [1.54, 1.807) is 14.2 Å². The molecular weight excluding hydrogens is 304 g/mol. The van der Waals surface area contributed by atoms with Crippen LogP contribution in [0.5, 0.6) is 5.75 Å². The number of nitrogens with one attached hydrogen (secondary N) is 1. The van der Waals surface area contributed by atoms with Crippen molar-refractivity contribution < 1.29 is 14.3 Å². The fraction of sp³-hybridized carbons (Fsp3) is 0.421. The van der Waals surface area contributed by atoms with Gasteiger partial charge in [-0.05, 0) is 23.9 Å². The summed E-state index contributed by atoms with van der Waals surface area (Å²) in [6.45, 7) is 4.57. The van der Waals surface area contributed by atoms with E-state index in [1.165, 1.54) is 10.9 Å². The van der Waals surface area contributed by atoms with Gasteiger partial charge >= 0.3 is 0 Å². The second kappa shape index (κ2) is 6.79. The first-order valence-corrected chi connectivity index (χ1v) is 8.20. The number of carbonyl (C=O) groups is 1. The number of rotatable bonds is 4. The molecule has 5 nitrogen and oxygen atoms in total. The molecule has 1 atom stereocenters. The molecule has 0 aliphatic carbocycles. The first-order chi connectivity index (χ1) is 11.6. The first-order valence-electron chi connectivity index (χ1n) is 8.20. The second-order valence-electron chi connectivity index (χ2n) is 6.34. The zero-order chi connectivity index (χ0) is 17.2. The number of nitrogens with zero attached hydrogens (tertiary/aromatic N) is 1. The van der Waals surface area contributed by atoms with Gasteiger partial charge in [0, 0.05) is 32.1 Å². The highest BCUT2D eigenvalue weighted by Crippen LogP contribution is 2.30. The van der Waals surface area contributed by atoms with Crippen molar-refractivity contribution >= 4 is 16.7 Å². The van der Waals surface area contributed by atoms with Crippen LogP contribution in [0.3, 0.4) is 0 Å². The van der Waals surface area contributed by atoms with Crippen molar-refractivity contribution in [3.63, 3.8) is 0 Å². The number of morpholine rings is 1. The maximum Gasteiger partial charge on any atom is 0.253 e. The van der Waals surface area contributed by atoms with Crippen LogP contribution in [0.4, 0.5) is 0 Å². The van der Waals surface area contributed by atoms with Gasteiger partial charge in [0.25, 0.3) is 5.91 Å². The number of ether oxygens (including phenoxy) is 2. The number of fused-ring (bicyclic) bond motifs is 1. The Balaban J connectivity index is 1.86. The van der Waals surface area contributed by atoms with E-state index in [0.29, 0.717) is 13.2 Å². The summed E-state index contributed by atoms with van der Waals surface area (Å²) >= 11 is 0. The zero-order valence-electron chi connectivity index (χ0n) is 14.5. The molecule has 0 aromatic heterocycles. The monoisotopic (exact) mass is 328 g/mol. The number of benzene rings is 2. The minimum absolute atomic E-state index is 0.0770. The Morgan fingerprint density at radius 1 is 1.29 bits per heavy atom. The van der Waals surface area contributed by atoms with Gasteiger partial charge in [-0.2, -0.15) is 0 Å². The number of hydrogen-bond donors (Lipinski definition) is 1. The fourth-order valence-electron chi connectivity index (χ4n) is 3.38. The molecule has 3 rings (SSSR count). The standard InChI is InChI=1S/C19H24N2O3/c1-19(18(22)20-2)13-21(10-11-24-19)12-14-8-9-17(23-3)16-7-5-4-6-15(14)16/h4-9H,10-13H2,1-3H3,(H,20,22)/t19-/m0/s1. The third-order valence-electron chi connectivity index (χ3n) is 4.65. The summed E-state index contributed by atoms with van der Waals surface area (Å²) in [7, 11) is 3.34. The summed E-state index contributed by atoms with van der Waals surface area (Å²) in [6.07, 6.45) is 0. The molecule has 1 amide bonds. The van der Waals surface area contributed by atoms with Crippen molar-refractivity contribution in [2.24, 2.45) is 0 Å². The SMILES string of the molecule is CNC(=O)[C@]1(C)CN(Cc2ccc(OC)c3ccccc23)CCO1. The van der Waals surface area contributed by atoms with Gasteiger partial charge in [-0.3, -0.25) is 9.69 Å². The molecule has 2 aromatic rings. The van der Waals surface area contributed by atoms with E-state index < -0.39 is 5.60 Å². The molecular formula is C19H24N2O3. The predicted molar refractivity (Wildman–Crippen MR) is 94.2 cm³/mol. The van der Waals surface area contributed by atoms with E-state index in [-0.39, 0.29) is 5.91 Å². The van der Waals surface area contributed by atoms with Gasteiger partial charge in [-0.25, -0.2) is 0 Å². The van der Waals surface area contributed by atoms with Gasteiger partial charge in [0.15, 0.2) is 5.60 Å². The minimum Gasteiger partial charge on any atom is -0.496 e. The van der Waals surface area contributed by atoms with Crippen LogP contribution in [0.25, 0.3) is 10.8 Å². The Morgan fingerprint density at radius 3 is 2.75 bits per heavy atom. The third kappa shape index (κ3) is 3.09. The van der Waals surface area contributed by atoms with Crippen LogP contribution < -0.4 is 10.1 Å². The zero-order valence-corrected chi connectivity index (χ0v) is 14.5. The fourth-order valence-corrected chi connectivity index (χ4v) is 3.38. The van der Waals surface area contributed by atoms with E-state index in [0.717, 1.165) is 24.2 Å². The van der Waals surface area contributed by atoms with Crippen LogP contribution in [0.15, 0.2) is 36.4 Å². The lowest BCUT2D eigenvalue weighted by Gasteiger charge is -2.39. The van der Waals surface area contributed by atoms with E-state index >= 15 is 0 Å². The van der Waals surface area contributed by atoms with Crippen molar-refractivity contribution in [2.45, 2.75) is 19.1 Å². The lowest BCUT2D eigenvalue weighted by atomic mass is 10.00. The van der Waals surface area contributed by atoms with Crippen molar-refractivity contribution in [3.05, 3.63) is 42.0 Å². The molecule has 128 valence electrons. The number of amides is 1. The molecule has 5 heteroatoms. The van der Waals surface area contributed by atoms with Crippen molar-refractivity contribution in [3.8, 4) is 5.75 Å². The van der Waals surface area contributed by atoms with Crippen molar-refractivity contribution in [1.29, 1.82) is 0 Å². The van der Waals surface area contributed by atoms with E-state index in [4.69, 9.17) is 9.47 Å². The lowest BCUT2D eigenvalue weighted by Crippen LogP contribution is -2.57. The van der Waals surface area contributed by atoms with E-state index in [1.807, 2.05) is 25.1 Å². The normalized spacial score (nSPS) is 21.6. The summed E-state index contributed by atoms with van der Waals surface area (Å²) < 4.78 is 11.2. The Hall–Kier alpha value is -2.11. The molecule has 1 fully saturated rings. The van der Waals surface area contributed by atoms with Crippen LogP contribution in [0.2, 0.25) is 0 Å². The predicted octanol–water partition coefficient (Wildman–Crippen LogP) is 2.19. The van der Waals surface area contributed by atoms with Gasteiger partial charge in [-0.15, -0.1) is 0 Å². The van der Waals surface area contributed by atoms with Crippen LogP contribution in [-0.2, 0) is 16.1 Å². The second-order valence-corrected chi connectivity index (χ2v) is 6.34. The van der Waals surface area contributed by atoms with Crippen molar-refractivity contribution in [1.82, 2.24) is 10.2 Å². The minimum atomic E-state index is -0.796. The maximum absolute atomic E-state index is 12.1. The molecule has 24 heavy (non-hydrogen) atoms. The molecule has 1 aliphatic rings. The molecule has 0 saturated carbocycles. The largest absolute Gasteiger partial charge is 0.496 e. The molecule has 0 spiro atoms. The summed E-state index contributed by atoms with van der Waals surface area (Å²) in [5.74, 6) is 0.804. The van der Waals surface area contributed by atoms with Crippen LogP contribution in [0.1, 0.15) is 12.5 Å². The highest BCUT2D eigenvalue weighted by atomic mass is 16.5. The number of likely N-dealkylation sites (N-methyl/N-ethyl adjacent to an activating group) is 1. The summed E-state index contributed by atoms with van der Waals surface area (Å²) in [6, 6.07) is 12.4. The Kier molecular flexibility index (Phi) is 4.73.